The van der Waals surface area contributed by atoms with Crippen LogP contribution in [0.1, 0.15) is 58.8 Å². The summed E-state index contributed by atoms with van der Waals surface area (Å²) < 4.78 is 0. The topological polar surface area (TPSA) is 20.2 Å². The summed E-state index contributed by atoms with van der Waals surface area (Å²) in [5.41, 5.74) is 0. The number of hydrogen-bond acceptors (Lipinski definition) is 1. The van der Waals surface area contributed by atoms with E-state index < -0.39 is 0 Å². The zero-order valence-electron chi connectivity index (χ0n) is 15.6. The van der Waals surface area contributed by atoms with Crippen LogP contribution in [0.4, 0.5) is 0 Å². The normalized spacial score (nSPS) is 14.6. The maximum absolute atomic E-state index is 8.91. The van der Waals surface area contributed by atoms with E-state index in [1.54, 1.807) is 0 Å². The first-order chi connectivity index (χ1) is 11.8. The minimum atomic E-state index is 0.270. The molecule has 0 aliphatic carbocycles. The largest absolute Gasteiger partial charge is 0.396 e. The minimum absolute atomic E-state index is 0.270. The van der Waals surface area contributed by atoms with Gasteiger partial charge in [0.1, 0.15) is 0 Å². The summed E-state index contributed by atoms with van der Waals surface area (Å²) in [4.78, 5) is 0. The molecule has 24 heavy (non-hydrogen) atoms. The SMILES string of the molecule is CCC=CCC=CCC=CCC=CCC=CCC=CCC(C)CO. The van der Waals surface area contributed by atoms with Crippen molar-refractivity contribution in [3.8, 4) is 0 Å². The van der Waals surface area contributed by atoms with Crippen LogP contribution in [0.3, 0.4) is 0 Å². The average Bonchev–Trinajstić information content (AvgIpc) is 2.60. The molecule has 0 bridgehead atoms. The molecular weight excluding hydrogens is 292 g/mol. The Morgan fingerprint density at radius 1 is 0.583 bits per heavy atom. The Balaban J connectivity index is 3.53. The lowest BCUT2D eigenvalue weighted by Gasteiger charge is -2.00. The fraction of sp³-hybridized carbons (Fsp3) is 0.478. The van der Waals surface area contributed by atoms with Crippen molar-refractivity contribution in [1.29, 1.82) is 0 Å². The highest BCUT2D eigenvalue weighted by atomic mass is 16.3. The molecule has 0 saturated carbocycles. The standard InChI is InChI=1S/C23H36O/c1-3-4-5-6-7-8-9-10-11-12-13-14-15-16-17-18-19-20-21-23(2)22-24/h4-5,7-8,10-11,13-14,16-17,19-20,23-24H,3,6,9,12,15,18,21-22H2,1-2H3. The molecule has 1 N–H and O–H groups in total. The van der Waals surface area contributed by atoms with Crippen molar-refractivity contribution in [1.82, 2.24) is 0 Å². The molecule has 1 heteroatoms. The molecule has 1 nitrogen and oxygen atoms in total. The summed E-state index contributed by atoms with van der Waals surface area (Å²) in [6.45, 7) is 4.48. The highest BCUT2D eigenvalue weighted by Gasteiger charge is 1.93. The minimum Gasteiger partial charge on any atom is -0.396 e. The zero-order chi connectivity index (χ0) is 17.7. The molecule has 0 rings (SSSR count). The predicted octanol–water partition coefficient (Wildman–Crippen LogP) is 6.70. The second-order valence-corrected chi connectivity index (χ2v) is 5.94. The van der Waals surface area contributed by atoms with Crippen LogP contribution in [0.2, 0.25) is 0 Å². The van der Waals surface area contributed by atoms with Gasteiger partial charge in [0.15, 0.2) is 0 Å². The Kier molecular flexibility index (Phi) is 18.2. The molecule has 0 amide bonds. The molecule has 0 spiro atoms. The van der Waals surface area contributed by atoms with Gasteiger partial charge < -0.3 is 5.11 Å². The second-order valence-electron chi connectivity index (χ2n) is 5.94. The Hall–Kier alpha value is -1.60. The van der Waals surface area contributed by atoms with Crippen LogP contribution in [0.15, 0.2) is 72.9 Å². The van der Waals surface area contributed by atoms with Gasteiger partial charge in [0, 0.05) is 6.61 Å². The summed E-state index contributed by atoms with van der Waals surface area (Å²) in [6.07, 6.45) is 33.6. The summed E-state index contributed by atoms with van der Waals surface area (Å²) in [5, 5.41) is 8.91. The van der Waals surface area contributed by atoms with Crippen molar-refractivity contribution < 1.29 is 5.11 Å². The summed E-state index contributed by atoms with van der Waals surface area (Å²) in [5.74, 6) is 0.370. The van der Waals surface area contributed by atoms with Crippen molar-refractivity contribution >= 4 is 0 Å². The van der Waals surface area contributed by atoms with E-state index in [0.29, 0.717) is 5.92 Å². The molecule has 0 saturated heterocycles. The molecule has 0 fully saturated rings. The first-order valence-electron chi connectivity index (χ1n) is 9.32. The highest BCUT2D eigenvalue weighted by molar-refractivity contribution is 5.01. The smallest absolute Gasteiger partial charge is 0.0459 e. The van der Waals surface area contributed by atoms with Crippen LogP contribution in [0.25, 0.3) is 0 Å². The van der Waals surface area contributed by atoms with Crippen LogP contribution in [0, 0.1) is 5.92 Å². The van der Waals surface area contributed by atoms with Gasteiger partial charge in [-0.3, -0.25) is 0 Å². The molecule has 1 atom stereocenters. The molecule has 0 aromatic rings. The van der Waals surface area contributed by atoms with Crippen molar-refractivity contribution in [3.63, 3.8) is 0 Å². The van der Waals surface area contributed by atoms with Crippen molar-refractivity contribution in [2.75, 3.05) is 6.61 Å². The van der Waals surface area contributed by atoms with Crippen molar-refractivity contribution in [3.05, 3.63) is 72.9 Å². The molecule has 1 unspecified atom stereocenters. The fourth-order valence-electron chi connectivity index (χ4n) is 1.92. The second kappa shape index (κ2) is 19.4. The van der Waals surface area contributed by atoms with Crippen LogP contribution < -0.4 is 0 Å². The third-order valence-corrected chi connectivity index (χ3v) is 3.45. The fourth-order valence-corrected chi connectivity index (χ4v) is 1.92. The van der Waals surface area contributed by atoms with E-state index in [-0.39, 0.29) is 6.61 Å². The lowest BCUT2D eigenvalue weighted by Crippen LogP contribution is -1.97. The van der Waals surface area contributed by atoms with Gasteiger partial charge in [-0.2, -0.15) is 0 Å². The van der Waals surface area contributed by atoms with E-state index in [4.69, 9.17) is 5.11 Å². The monoisotopic (exact) mass is 328 g/mol. The number of allylic oxidation sites excluding steroid dienone is 12. The molecule has 0 aliphatic heterocycles. The lowest BCUT2D eigenvalue weighted by molar-refractivity contribution is 0.239. The molecule has 0 radical (unpaired) electrons. The van der Waals surface area contributed by atoms with E-state index in [9.17, 15) is 0 Å². The Morgan fingerprint density at radius 2 is 0.917 bits per heavy atom. The molecular formula is C23H36O. The van der Waals surface area contributed by atoms with Crippen LogP contribution in [-0.2, 0) is 0 Å². The maximum atomic E-state index is 8.91. The van der Waals surface area contributed by atoms with Crippen LogP contribution in [-0.4, -0.2) is 11.7 Å². The van der Waals surface area contributed by atoms with Crippen molar-refractivity contribution in [2.24, 2.45) is 5.92 Å². The van der Waals surface area contributed by atoms with Gasteiger partial charge in [0.2, 0.25) is 0 Å². The summed E-state index contributed by atoms with van der Waals surface area (Å²) >= 11 is 0. The average molecular weight is 329 g/mol. The Morgan fingerprint density at radius 3 is 1.25 bits per heavy atom. The van der Waals surface area contributed by atoms with Gasteiger partial charge >= 0.3 is 0 Å². The van der Waals surface area contributed by atoms with E-state index in [2.05, 4.69) is 86.8 Å². The molecule has 134 valence electrons. The third-order valence-electron chi connectivity index (χ3n) is 3.45. The summed E-state index contributed by atoms with van der Waals surface area (Å²) in [6, 6.07) is 0. The Bertz CT molecular complexity index is 421. The van der Waals surface area contributed by atoms with Gasteiger partial charge in [-0.15, -0.1) is 0 Å². The van der Waals surface area contributed by atoms with E-state index in [0.717, 1.165) is 44.9 Å². The number of aliphatic hydroxyl groups excluding tert-OH is 1. The van der Waals surface area contributed by atoms with E-state index in [1.807, 2.05) is 0 Å². The van der Waals surface area contributed by atoms with Crippen LogP contribution >= 0.6 is 0 Å². The third kappa shape index (κ3) is 18.4. The van der Waals surface area contributed by atoms with E-state index in [1.165, 1.54) is 0 Å². The lowest BCUT2D eigenvalue weighted by atomic mass is 10.1. The molecule has 0 aromatic carbocycles. The number of rotatable bonds is 14. The first-order valence-corrected chi connectivity index (χ1v) is 9.32. The molecule has 0 aliphatic rings. The van der Waals surface area contributed by atoms with E-state index >= 15 is 0 Å². The maximum Gasteiger partial charge on any atom is 0.0459 e. The van der Waals surface area contributed by atoms with Gasteiger partial charge in [0.25, 0.3) is 0 Å². The first kappa shape index (κ1) is 22.4. The Labute approximate surface area is 149 Å². The predicted molar refractivity (Wildman–Crippen MR) is 109 cm³/mol. The van der Waals surface area contributed by atoms with Gasteiger partial charge in [-0.1, -0.05) is 86.8 Å². The van der Waals surface area contributed by atoms with Crippen molar-refractivity contribution in [2.45, 2.75) is 58.8 Å². The summed E-state index contributed by atoms with van der Waals surface area (Å²) in [7, 11) is 0. The highest BCUT2D eigenvalue weighted by Crippen LogP contribution is 2.02. The van der Waals surface area contributed by atoms with Crippen LogP contribution in [0.5, 0.6) is 0 Å². The number of hydrogen-bond donors (Lipinski definition) is 1. The van der Waals surface area contributed by atoms with Gasteiger partial charge in [0.05, 0.1) is 0 Å². The number of aliphatic hydroxyl groups is 1. The molecule has 0 heterocycles. The van der Waals surface area contributed by atoms with Gasteiger partial charge in [-0.25, -0.2) is 0 Å². The van der Waals surface area contributed by atoms with Gasteiger partial charge in [-0.05, 0) is 50.9 Å². The quantitative estimate of drug-likeness (QED) is 0.352. The molecule has 0 aromatic heterocycles. The zero-order valence-corrected chi connectivity index (χ0v) is 15.6.